The molecule has 3 nitrogen and oxygen atoms in total. The van der Waals surface area contributed by atoms with Crippen molar-refractivity contribution in [2.75, 3.05) is 13.1 Å². The van der Waals surface area contributed by atoms with Crippen LogP contribution in [0.2, 0.25) is 0 Å². The van der Waals surface area contributed by atoms with Crippen LogP contribution >= 0.6 is 12.4 Å². The highest BCUT2D eigenvalue weighted by Crippen LogP contribution is 2.23. The van der Waals surface area contributed by atoms with Crippen molar-refractivity contribution in [3.05, 3.63) is 35.9 Å². The Hall–Kier alpha value is -1.06. The van der Waals surface area contributed by atoms with Crippen LogP contribution in [-0.4, -0.2) is 36.0 Å². The highest BCUT2D eigenvalue weighted by atomic mass is 35.5. The SMILES string of the molecule is Cl.O=C(CCC1CCCN1)N1CCCC1Cc1ccccc1. The zero-order chi connectivity index (χ0) is 14.5. The first-order valence-electron chi connectivity index (χ1n) is 8.40. The molecule has 0 radical (unpaired) electrons. The number of hydrogen-bond donors (Lipinski definition) is 1. The van der Waals surface area contributed by atoms with E-state index in [0.29, 0.717) is 24.4 Å². The summed E-state index contributed by atoms with van der Waals surface area (Å²) >= 11 is 0. The van der Waals surface area contributed by atoms with Gasteiger partial charge in [-0.1, -0.05) is 30.3 Å². The molecule has 2 unspecified atom stereocenters. The van der Waals surface area contributed by atoms with Gasteiger partial charge in [-0.15, -0.1) is 12.4 Å². The minimum Gasteiger partial charge on any atom is -0.339 e. The lowest BCUT2D eigenvalue weighted by molar-refractivity contribution is -0.132. The fourth-order valence-corrected chi connectivity index (χ4v) is 3.71. The Kier molecular flexibility index (Phi) is 6.71. The van der Waals surface area contributed by atoms with Crippen LogP contribution in [-0.2, 0) is 11.2 Å². The summed E-state index contributed by atoms with van der Waals surface area (Å²) in [5.41, 5.74) is 1.35. The van der Waals surface area contributed by atoms with E-state index >= 15 is 0 Å². The predicted molar refractivity (Wildman–Crippen MR) is 92.4 cm³/mol. The molecule has 2 fully saturated rings. The second-order valence-electron chi connectivity index (χ2n) is 6.40. The second kappa shape index (κ2) is 8.54. The van der Waals surface area contributed by atoms with E-state index in [1.807, 2.05) is 0 Å². The zero-order valence-corrected chi connectivity index (χ0v) is 14.0. The molecule has 0 saturated carbocycles. The van der Waals surface area contributed by atoms with Gasteiger partial charge < -0.3 is 10.2 Å². The number of nitrogens with one attached hydrogen (secondary N) is 1. The van der Waals surface area contributed by atoms with Crippen molar-refractivity contribution >= 4 is 18.3 Å². The minimum atomic E-state index is 0. The minimum absolute atomic E-state index is 0. The zero-order valence-electron chi connectivity index (χ0n) is 13.2. The van der Waals surface area contributed by atoms with Crippen LogP contribution in [0.25, 0.3) is 0 Å². The van der Waals surface area contributed by atoms with Gasteiger partial charge in [-0.05, 0) is 50.6 Å². The van der Waals surface area contributed by atoms with Crippen molar-refractivity contribution in [3.8, 4) is 0 Å². The van der Waals surface area contributed by atoms with Crippen molar-refractivity contribution < 1.29 is 4.79 Å². The molecule has 22 heavy (non-hydrogen) atoms. The summed E-state index contributed by atoms with van der Waals surface area (Å²) in [5, 5.41) is 3.48. The Balaban J connectivity index is 0.00000176. The summed E-state index contributed by atoms with van der Waals surface area (Å²) in [7, 11) is 0. The largest absolute Gasteiger partial charge is 0.339 e. The normalized spacial score (nSPS) is 24.3. The molecule has 1 aromatic rings. The number of likely N-dealkylation sites (tertiary alicyclic amines) is 1. The summed E-state index contributed by atoms with van der Waals surface area (Å²) in [6.07, 6.45) is 7.54. The maximum atomic E-state index is 12.5. The van der Waals surface area contributed by atoms with E-state index in [0.717, 1.165) is 38.8 Å². The third-order valence-corrected chi connectivity index (χ3v) is 4.88. The summed E-state index contributed by atoms with van der Waals surface area (Å²) < 4.78 is 0. The van der Waals surface area contributed by atoms with Gasteiger partial charge in [0.25, 0.3) is 0 Å². The second-order valence-corrected chi connectivity index (χ2v) is 6.40. The van der Waals surface area contributed by atoms with Crippen LogP contribution in [0.1, 0.15) is 44.1 Å². The van der Waals surface area contributed by atoms with E-state index in [1.54, 1.807) is 0 Å². The molecule has 4 heteroatoms. The van der Waals surface area contributed by atoms with Crippen molar-refractivity contribution in [2.45, 2.75) is 57.0 Å². The monoisotopic (exact) mass is 322 g/mol. The highest BCUT2D eigenvalue weighted by molar-refractivity contribution is 5.85. The van der Waals surface area contributed by atoms with E-state index in [1.165, 1.54) is 18.4 Å². The Bertz CT molecular complexity index is 459. The van der Waals surface area contributed by atoms with Gasteiger partial charge in [0.15, 0.2) is 0 Å². The Morgan fingerprint density at radius 2 is 2.00 bits per heavy atom. The van der Waals surface area contributed by atoms with Gasteiger partial charge in [0.1, 0.15) is 0 Å². The van der Waals surface area contributed by atoms with Crippen LogP contribution in [0.3, 0.4) is 0 Å². The smallest absolute Gasteiger partial charge is 0.222 e. The van der Waals surface area contributed by atoms with E-state index < -0.39 is 0 Å². The Labute approximate surface area is 139 Å². The predicted octanol–water partition coefficient (Wildman–Crippen LogP) is 3.17. The number of carbonyl (C=O) groups is 1. The molecule has 2 aliphatic heterocycles. The molecule has 0 aliphatic carbocycles. The average Bonchev–Trinajstić information content (AvgIpc) is 3.17. The van der Waals surface area contributed by atoms with Crippen LogP contribution < -0.4 is 5.32 Å². The number of benzene rings is 1. The lowest BCUT2D eigenvalue weighted by Crippen LogP contribution is -2.37. The first-order valence-corrected chi connectivity index (χ1v) is 8.40. The maximum absolute atomic E-state index is 12.5. The lowest BCUT2D eigenvalue weighted by atomic mass is 10.0. The molecule has 0 spiro atoms. The van der Waals surface area contributed by atoms with Crippen molar-refractivity contribution in [1.82, 2.24) is 10.2 Å². The summed E-state index contributed by atoms with van der Waals surface area (Å²) in [4.78, 5) is 14.6. The molecule has 2 aliphatic rings. The molecule has 0 bridgehead atoms. The lowest BCUT2D eigenvalue weighted by Gasteiger charge is -2.25. The number of amides is 1. The first-order chi connectivity index (χ1) is 10.3. The van der Waals surface area contributed by atoms with Crippen molar-refractivity contribution in [1.29, 1.82) is 0 Å². The fraction of sp³-hybridized carbons (Fsp3) is 0.611. The molecule has 2 atom stereocenters. The van der Waals surface area contributed by atoms with Crippen molar-refractivity contribution in [2.24, 2.45) is 0 Å². The third-order valence-electron chi connectivity index (χ3n) is 4.88. The molecule has 1 amide bonds. The number of carbonyl (C=O) groups excluding carboxylic acids is 1. The number of hydrogen-bond acceptors (Lipinski definition) is 2. The molecule has 122 valence electrons. The van der Waals surface area contributed by atoms with E-state index in [2.05, 4.69) is 40.5 Å². The first kappa shape index (κ1) is 17.3. The van der Waals surface area contributed by atoms with E-state index in [4.69, 9.17) is 0 Å². The Morgan fingerprint density at radius 3 is 2.73 bits per heavy atom. The molecule has 1 aromatic carbocycles. The third kappa shape index (κ3) is 4.47. The fourth-order valence-electron chi connectivity index (χ4n) is 3.71. The van der Waals surface area contributed by atoms with Crippen LogP contribution in [0.15, 0.2) is 30.3 Å². The molecular formula is C18H27ClN2O. The van der Waals surface area contributed by atoms with Gasteiger partial charge >= 0.3 is 0 Å². The molecule has 2 saturated heterocycles. The van der Waals surface area contributed by atoms with Crippen LogP contribution in [0.5, 0.6) is 0 Å². The molecule has 0 aromatic heterocycles. The van der Waals surface area contributed by atoms with Gasteiger partial charge in [-0.2, -0.15) is 0 Å². The summed E-state index contributed by atoms with van der Waals surface area (Å²) in [5.74, 6) is 0.363. The van der Waals surface area contributed by atoms with Gasteiger partial charge in [0.05, 0.1) is 0 Å². The number of nitrogens with zero attached hydrogens (tertiary/aromatic N) is 1. The summed E-state index contributed by atoms with van der Waals surface area (Å²) in [6, 6.07) is 11.5. The van der Waals surface area contributed by atoms with Gasteiger partial charge in [-0.25, -0.2) is 0 Å². The summed E-state index contributed by atoms with van der Waals surface area (Å²) in [6.45, 7) is 2.08. The molecule has 3 rings (SSSR count). The van der Waals surface area contributed by atoms with Crippen molar-refractivity contribution in [3.63, 3.8) is 0 Å². The van der Waals surface area contributed by atoms with Gasteiger partial charge in [-0.3, -0.25) is 4.79 Å². The van der Waals surface area contributed by atoms with E-state index in [9.17, 15) is 4.79 Å². The number of halogens is 1. The van der Waals surface area contributed by atoms with Crippen LogP contribution in [0, 0.1) is 0 Å². The van der Waals surface area contributed by atoms with Crippen LogP contribution in [0.4, 0.5) is 0 Å². The molecular weight excluding hydrogens is 296 g/mol. The number of rotatable bonds is 5. The average molecular weight is 323 g/mol. The molecule has 1 N–H and O–H groups in total. The Morgan fingerprint density at radius 1 is 1.18 bits per heavy atom. The standard InChI is InChI=1S/C18H26N2O.ClH/c21-18(11-10-16-8-4-12-19-16)20-13-5-9-17(20)14-15-6-2-1-3-7-15;/h1-3,6-7,16-17,19H,4-5,8-14H2;1H. The van der Waals surface area contributed by atoms with Gasteiger partial charge in [0.2, 0.25) is 5.91 Å². The van der Waals surface area contributed by atoms with E-state index in [-0.39, 0.29) is 12.4 Å². The molecule has 2 heterocycles. The maximum Gasteiger partial charge on any atom is 0.222 e. The highest BCUT2D eigenvalue weighted by Gasteiger charge is 2.29. The van der Waals surface area contributed by atoms with Gasteiger partial charge in [0, 0.05) is 25.0 Å². The topological polar surface area (TPSA) is 32.3 Å². The quantitative estimate of drug-likeness (QED) is 0.903.